The molecule has 0 aliphatic rings. The molecule has 0 saturated heterocycles. The minimum atomic E-state index is -3.72. The van der Waals surface area contributed by atoms with Crippen LogP contribution in [0.4, 0.5) is 0 Å². The molecule has 3 N–H and O–H groups in total. The average molecular weight is 466 g/mol. The van der Waals surface area contributed by atoms with Crippen LogP contribution in [-0.4, -0.2) is 25.9 Å². The molecule has 0 bridgehead atoms. The van der Waals surface area contributed by atoms with E-state index in [4.69, 9.17) is 21.7 Å². The number of nitrogens with zero attached hydrogens (tertiary/aromatic N) is 1. The summed E-state index contributed by atoms with van der Waals surface area (Å²) in [7, 11) is -3.72. The van der Waals surface area contributed by atoms with Gasteiger partial charge in [0.05, 0.1) is 21.7 Å². The molecule has 32 heavy (non-hydrogen) atoms. The molecular formula is C24H20ClN3O3S. The third-order valence-electron chi connectivity index (χ3n) is 5.05. The lowest BCUT2D eigenvalue weighted by Gasteiger charge is -2.11. The summed E-state index contributed by atoms with van der Waals surface area (Å²) >= 11 is 5.99. The highest BCUT2D eigenvalue weighted by Gasteiger charge is 2.14. The molecule has 0 spiro atoms. The summed E-state index contributed by atoms with van der Waals surface area (Å²) in [5, 5.41) is 9.46. The van der Waals surface area contributed by atoms with E-state index in [2.05, 4.69) is 5.32 Å². The summed E-state index contributed by atoms with van der Waals surface area (Å²) < 4.78 is 22.7. The van der Waals surface area contributed by atoms with E-state index in [-0.39, 0.29) is 10.8 Å². The average Bonchev–Trinajstić information content (AvgIpc) is 2.78. The van der Waals surface area contributed by atoms with Crippen molar-refractivity contribution in [3.05, 3.63) is 95.0 Å². The maximum atomic E-state index is 13.0. The van der Waals surface area contributed by atoms with Crippen LogP contribution in [-0.2, 0) is 16.4 Å². The number of amides is 1. The monoisotopic (exact) mass is 465 g/mol. The van der Waals surface area contributed by atoms with Gasteiger partial charge in [-0.2, -0.15) is 0 Å². The number of primary sulfonamides is 1. The molecule has 0 fully saturated rings. The van der Waals surface area contributed by atoms with Gasteiger partial charge in [0.1, 0.15) is 0 Å². The van der Waals surface area contributed by atoms with Crippen molar-refractivity contribution in [2.45, 2.75) is 11.3 Å². The number of benzene rings is 3. The van der Waals surface area contributed by atoms with Crippen molar-refractivity contribution in [3.8, 4) is 11.3 Å². The molecule has 4 rings (SSSR count). The number of hydrogen-bond donors (Lipinski definition) is 2. The molecule has 6 nitrogen and oxygen atoms in total. The molecule has 4 aromatic rings. The van der Waals surface area contributed by atoms with Crippen molar-refractivity contribution in [1.82, 2.24) is 10.3 Å². The van der Waals surface area contributed by atoms with Crippen molar-refractivity contribution in [2.24, 2.45) is 5.14 Å². The van der Waals surface area contributed by atoms with E-state index in [9.17, 15) is 13.2 Å². The number of carbonyl (C=O) groups excluding carboxylic acids is 1. The number of halogens is 1. The number of carbonyl (C=O) groups is 1. The van der Waals surface area contributed by atoms with Gasteiger partial charge >= 0.3 is 0 Å². The van der Waals surface area contributed by atoms with E-state index in [0.717, 1.165) is 22.0 Å². The number of nitrogens with two attached hydrogens (primary N) is 1. The number of para-hydroxylation sites is 1. The first kappa shape index (κ1) is 22.0. The molecule has 0 unspecified atom stereocenters. The number of fused-ring (bicyclic) bond motifs is 1. The summed E-state index contributed by atoms with van der Waals surface area (Å²) in [4.78, 5) is 17.8. The minimum absolute atomic E-state index is 0.0586. The fourth-order valence-electron chi connectivity index (χ4n) is 3.39. The van der Waals surface area contributed by atoms with Gasteiger partial charge in [0, 0.05) is 22.5 Å². The number of pyridine rings is 1. The third-order valence-corrected chi connectivity index (χ3v) is 6.23. The second-order valence-corrected chi connectivity index (χ2v) is 9.27. The van der Waals surface area contributed by atoms with E-state index >= 15 is 0 Å². The Labute approximate surface area is 191 Å². The van der Waals surface area contributed by atoms with Gasteiger partial charge < -0.3 is 5.32 Å². The molecule has 8 heteroatoms. The maximum absolute atomic E-state index is 13.0. The van der Waals surface area contributed by atoms with Crippen molar-refractivity contribution in [2.75, 3.05) is 6.54 Å². The number of sulfonamides is 1. The lowest BCUT2D eigenvalue weighted by Crippen LogP contribution is -2.26. The Hall–Kier alpha value is -3.26. The van der Waals surface area contributed by atoms with Crippen molar-refractivity contribution < 1.29 is 13.2 Å². The fraction of sp³-hybridized carbons (Fsp3) is 0.0833. The van der Waals surface area contributed by atoms with Crippen molar-refractivity contribution in [1.29, 1.82) is 0 Å². The molecule has 0 aliphatic carbocycles. The smallest absolute Gasteiger partial charge is 0.252 e. The Kier molecular flexibility index (Phi) is 6.23. The van der Waals surface area contributed by atoms with E-state index in [1.54, 1.807) is 30.3 Å². The second-order valence-electron chi connectivity index (χ2n) is 7.27. The molecule has 0 radical (unpaired) electrons. The van der Waals surface area contributed by atoms with Crippen LogP contribution in [0.3, 0.4) is 0 Å². The van der Waals surface area contributed by atoms with Crippen LogP contribution in [0.15, 0.2) is 83.8 Å². The van der Waals surface area contributed by atoms with Crippen LogP contribution < -0.4 is 10.5 Å². The molecule has 1 heterocycles. The third kappa shape index (κ3) is 4.96. The highest BCUT2D eigenvalue weighted by atomic mass is 35.5. The van der Waals surface area contributed by atoms with Crippen LogP contribution in [0, 0.1) is 0 Å². The largest absolute Gasteiger partial charge is 0.352 e. The number of nitrogens with one attached hydrogen (secondary N) is 1. The first-order chi connectivity index (χ1) is 15.3. The van der Waals surface area contributed by atoms with E-state index in [0.29, 0.717) is 29.2 Å². The standard InChI is InChI=1S/C24H20ClN3O3S/c25-18-9-7-17(8-10-18)23-15-21(20-3-1-2-4-22(20)28-23)24(29)27-14-13-16-5-11-19(12-6-16)32(26,30)31/h1-12,15H,13-14H2,(H,27,29)(H2,26,30,31). The van der Waals surface area contributed by atoms with Gasteiger partial charge in [0.25, 0.3) is 5.91 Å². The summed E-state index contributed by atoms with van der Waals surface area (Å²) in [6.07, 6.45) is 0.545. The molecule has 1 aromatic heterocycles. The molecular weight excluding hydrogens is 446 g/mol. The number of hydrogen-bond acceptors (Lipinski definition) is 4. The predicted molar refractivity (Wildman–Crippen MR) is 126 cm³/mol. The Morgan fingerprint density at radius 1 is 0.969 bits per heavy atom. The zero-order chi connectivity index (χ0) is 22.7. The Balaban J connectivity index is 1.54. The van der Waals surface area contributed by atoms with Crippen molar-refractivity contribution in [3.63, 3.8) is 0 Å². The van der Waals surface area contributed by atoms with Crippen molar-refractivity contribution >= 4 is 38.4 Å². The van der Waals surface area contributed by atoms with Gasteiger partial charge in [-0.05, 0) is 48.4 Å². The first-order valence-corrected chi connectivity index (χ1v) is 11.8. The van der Waals surface area contributed by atoms with Crippen LogP contribution in [0.2, 0.25) is 5.02 Å². The highest BCUT2D eigenvalue weighted by molar-refractivity contribution is 7.89. The van der Waals surface area contributed by atoms with Crippen LogP contribution in [0.1, 0.15) is 15.9 Å². The van der Waals surface area contributed by atoms with Gasteiger partial charge in [0.15, 0.2) is 0 Å². The molecule has 162 valence electrons. The highest BCUT2D eigenvalue weighted by Crippen LogP contribution is 2.26. The molecule has 0 aliphatic heterocycles. The second kappa shape index (κ2) is 9.08. The maximum Gasteiger partial charge on any atom is 0.252 e. The molecule has 3 aromatic carbocycles. The van der Waals surface area contributed by atoms with Gasteiger partial charge in [0.2, 0.25) is 10.0 Å². The normalized spacial score (nSPS) is 11.4. The quantitative estimate of drug-likeness (QED) is 0.446. The van der Waals surface area contributed by atoms with E-state index in [1.165, 1.54) is 12.1 Å². The lowest BCUT2D eigenvalue weighted by atomic mass is 10.0. The summed E-state index contributed by atoms with van der Waals surface area (Å²) in [6.45, 7) is 0.389. The molecule has 0 atom stereocenters. The van der Waals surface area contributed by atoms with Crippen LogP contribution in [0.25, 0.3) is 22.2 Å². The summed E-state index contributed by atoms with van der Waals surface area (Å²) in [6, 6.07) is 22.9. The van der Waals surface area contributed by atoms with Gasteiger partial charge in [-0.3, -0.25) is 4.79 Å². The van der Waals surface area contributed by atoms with Gasteiger partial charge in [-0.25, -0.2) is 18.5 Å². The summed E-state index contributed by atoms with van der Waals surface area (Å²) in [5.74, 6) is -0.208. The number of aromatic nitrogens is 1. The lowest BCUT2D eigenvalue weighted by molar-refractivity contribution is 0.0955. The Morgan fingerprint density at radius 2 is 1.66 bits per heavy atom. The summed E-state index contributed by atoms with van der Waals surface area (Å²) in [5.41, 5.74) is 3.70. The minimum Gasteiger partial charge on any atom is -0.352 e. The van der Waals surface area contributed by atoms with Gasteiger partial charge in [-0.15, -0.1) is 0 Å². The predicted octanol–water partition coefficient (Wildman–Crippen LogP) is 4.18. The van der Waals surface area contributed by atoms with Crippen LogP contribution >= 0.6 is 11.6 Å². The van der Waals surface area contributed by atoms with Crippen LogP contribution in [0.5, 0.6) is 0 Å². The topological polar surface area (TPSA) is 102 Å². The van der Waals surface area contributed by atoms with E-state index in [1.807, 2.05) is 36.4 Å². The molecule has 1 amide bonds. The number of rotatable bonds is 6. The Morgan fingerprint density at radius 3 is 2.34 bits per heavy atom. The zero-order valence-corrected chi connectivity index (χ0v) is 18.5. The SMILES string of the molecule is NS(=O)(=O)c1ccc(CCNC(=O)c2cc(-c3ccc(Cl)cc3)nc3ccccc23)cc1. The first-order valence-electron chi connectivity index (χ1n) is 9.87. The fourth-order valence-corrected chi connectivity index (χ4v) is 4.03. The zero-order valence-electron chi connectivity index (χ0n) is 17.0. The molecule has 0 saturated carbocycles. The Bertz CT molecular complexity index is 1390. The van der Waals surface area contributed by atoms with E-state index < -0.39 is 10.0 Å². The van der Waals surface area contributed by atoms with Gasteiger partial charge in [-0.1, -0.05) is 54.1 Å².